The van der Waals surface area contributed by atoms with Crippen molar-refractivity contribution in [3.05, 3.63) is 233 Å². The lowest BCUT2D eigenvalue weighted by atomic mass is 9.61. The Labute approximate surface area is 344 Å². The summed E-state index contributed by atoms with van der Waals surface area (Å²) in [7, 11) is 0. The van der Waals surface area contributed by atoms with E-state index in [1.807, 2.05) is 22.8 Å². The van der Waals surface area contributed by atoms with Gasteiger partial charge in [-0.2, -0.15) is 0 Å². The molecule has 2 aliphatic rings. The van der Waals surface area contributed by atoms with Gasteiger partial charge >= 0.3 is 0 Å². The number of para-hydroxylation sites is 6. The molecule has 4 nitrogen and oxygen atoms in total. The first kappa shape index (κ1) is 32.1. The highest BCUT2D eigenvalue weighted by molar-refractivity contribution is 6.16. The van der Waals surface area contributed by atoms with Gasteiger partial charge in [-0.3, -0.25) is 9.36 Å². The Morgan fingerprint density at radius 3 is 1.48 bits per heavy atom. The van der Waals surface area contributed by atoms with Crippen LogP contribution in [-0.4, -0.2) is 13.7 Å². The van der Waals surface area contributed by atoms with Crippen molar-refractivity contribution in [1.82, 2.24) is 13.7 Å². The predicted molar refractivity (Wildman–Crippen MR) is 247 cm³/mol. The lowest BCUT2D eigenvalue weighted by molar-refractivity contribution is 0.706. The molecule has 14 rings (SSSR count). The molecule has 1 spiro atoms. The molecule has 0 aliphatic carbocycles. The summed E-state index contributed by atoms with van der Waals surface area (Å²) in [5.74, 6) is 0. The first-order valence-corrected chi connectivity index (χ1v) is 20.7. The molecule has 1 unspecified atom stereocenters. The number of rotatable bonds is 2. The summed E-state index contributed by atoms with van der Waals surface area (Å²) < 4.78 is 6.85. The Balaban J connectivity index is 1.07. The van der Waals surface area contributed by atoms with E-state index < -0.39 is 5.41 Å². The maximum Gasteiger partial charge on any atom is 0.263 e. The van der Waals surface area contributed by atoms with E-state index in [0.717, 1.165) is 49.9 Å². The van der Waals surface area contributed by atoms with E-state index in [1.54, 1.807) is 0 Å². The molecule has 0 N–H and O–H groups in total. The van der Waals surface area contributed by atoms with Gasteiger partial charge in [-0.15, -0.1) is 0 Å². The van der Waals surface area contributed by atoms with E-state index in [4.69, 9.17) is 0 Å². The van der Waals surface area contributed by atoms with Crippen LogP contribution in [0, 0.1) is 0 Å². The summed E-state index contributed by atoms with van der Waals surface area (Å²) in [6, 6.07) is 72.3. The molecule has 0 amide bonds. The zero-order valence-corrected chi connectivity index (χ0v) is 32.3. The molecule has 9 aromatic carbocycles. The molecular weight excluding hydrogens is 731 g/mol. The zero-order chi connectivity index (χ0) is 39.3. The molecular formula is C56H33N3O. The van der Waals surface area contributed by atoms with Crippen molar-refractivity contribution >= 4 is 65.3 Å². The van der Waals surface area contributed by atoms with E-state index >= 15 is 0 Å². The van der Waals surface area contributed by atoms with E-state index in [9.17, 15) is 4.79 Å². The van der Waals surface area contributed by atoms with Crippen molar-refractivity contribution < 1.29 is 0 Å². The molecule has 0 radical (unpaired) electrons. The highest BCUT2D eigenvalue weighted by Gasteiger charge is 2.49. The van der Waals surface area contributed by atoms with Crippen LogP contribution in [0.4, 0.5) is 0 Å². The smallest absolute Gasteiger partial charge is 0.263 e. The van der Waals surface area contributed by atoms with Gasteiger partial charge in [0.05, 0.1) is 44.4 Å². The first-order valence-electron chi connectivity index (χ1n) is 20.7. The lowest BCUT2D eigenvalue weighted by Crippen LogP contribution is -2.40. The first-order chi connectivity index (χ1) is 29.7. The molecule has 0 saturated heterocycles. The van der Waals surface area contributed by atoms with E-state index in [2.05, 4.69) is 191 Å². The summed E-state index contributed by atoms with van der Waals surface area (Å²) in [6.07, 6.45) is 0. The van der Waals surface area contributed by atoms with Crippen LogP contribution in [0.25, 0.3) is 93.5 Å². The van der Waals surface area contributed by atoms with Crippen LogP contribution in [-0.2, 0) is 5.41 Å². The van der Waals surface area contributed by atoms with Crippen LogP contribution < -0.4 is 5.56 Å². The van der Waals surface area contributed by atoms with Crippen LogP contribution in [0.3, 0.4) is 0 Å². The summed E-state index contributed by atoms with van der Waals surface area (Å²) in [6.45, 7) is 0. The summed E-state index contributed by atoms with van der Waals surface area (Å²) >= 11 is 0. The number of pyridine rings is 1. The monoisotopic (exact) mass is 763 g/mol. The maximum absolute atomic E-state index is 14.7. The van der Waals surface area contributed by atoms with Gasteiger partial charge in [0.2, 0.25) is 0 Å². The molecule has 0 saturated carbocycles. The van der Waals surface area contributed by atoms with Crippen molar-refractivity contribution in [2.75, 3.05) is 0 Å². The number of fused-ring (bicyclic) bond motifs is 16. The Bertz CT molecular complexity index is 3920. The second-order valence-corrected chi connectivity index (χ2v) is 16.4. The number of nitrogens with zero attached hydrogens (tertiary/aromatic N) is 3. The maximum atomic E-state index is 14.7. The third-order valence-electron chi connectivity index (χ3n) is 13.6. The molecule has 1 atom stereocenters. The van der Waals surface area contributed by atoms with Crippen molar-refractivity contribution in [3.63, 3.8) is 0 Å². The fraction of sp³-hybridized carbons (Fsp3) is 0.0179. The van der Waals surface area contributed by atoms with Gasteiger partial charge in [-0.05, 0) is 99.4 Å². The molecule has 3 aromatic heterocycles. The minimum Gasteiger partial charge on any atom is -0.309 e. The van der Waals surface area contributed by atoms with Gasteiger partial charge in [0.15, 0.2) is 0 Å². The van der Waals surface area contributed by atoms with E-state index in [1.165, 1.54) is 65.9 Å². The second kappa shape index (κ2) is 11.4. The van der Waals surface area contributed by atoms with Crippen LogP contribution in [0.5, 0.6) is 0 Å². The molecule has 2 aliphatic heterocycles. The van der Waals surface area contributed by atoms with Crippen molar-refractivity contribution in [1.29, 1.82) is 0 Å². The minimum absolute atomic E-state index is 0.0135. The highest BCUT2D eigenvalue weighted by atomic mass is 16.1. The molecule has 5 heterocycles. The fourth-order valence-electron chi connectivity index (χ4n) is 11.3. The third kappa shape index (κ3) is 3.80. The Morgan fingerprint density at radius 2 is 0.783 bits per heavy atom. The predicted octanol–water partition coefficient (Wildman–Crippen LogP) is 13.0. The van der Waals surface area contributed by atoms with Crippen molar-refractivity contribution in [3.8, 4) is 28.2 Å². The number of hydrogen-bond acceptors (Lipinski definition) is 1. The Morgan fingerprint density at radius 1 is 0.317 bits per heavy atom. The van der Waals surface area contributed by atoms with Crippen LogP contribution in [0.2, 0.25) is 0 Å². The third-order valence-corrected chi connectivity index (χ3v) is 13.6. The van der Waals surface area contributed by atoms with E-state index in [0.29, 0.717) is 0 Å². The van der Waals surface area contributed by atoms with Gasteiger partial charge < -0.3 is 9.13 Å². The van der Waals surface area contributed by atoms with Gasteiger partial charge in [0.25, 0.3) is 5.56 Å². The standard InChI is InChI=1S/C56H33N3O/c60-55-41-18-5-4-16-37(41)39-19-12-24-47-54(39)59(55)52-27-11-8-22-45(52)56(47)44-21-7-10-26-51(44)58-50-31-29-35(33-43(50)40-20-13-23-46(56)53(40)58)34-28-30-49-42(32-34)38-17-6-9-25-48(38)57(49)36-14-2-1-3-15-36/h1-33H. The average molecular weight is 764 g/mol. The second-order valence-electron chi connectivity index (χ2n) is 16.4. The van der Waals surface area contributed by atoms with Crippen molar-refractivity contribution in [2.45, 2.75) is 5.41 Å². The minimum atomic E-state index is -0.688. The van der Waals surface area contributed by atoms with Crippen LogP contribution in [0.1, 0.15) is 22.3 Å². The SMILES string of the molecule is O=c1c2ccccc2c2cccc3c2n1-c1ccccc1C31c2ccccc2-n2c3ccc(-c4ccc5c(c4)c4ccccc4n5-c4ccccc4)cc3c3cccc1c32. The molecule has 4 heteroatoms. The molecule has 0 fully saturated rings. The molecule has 12 aromatic rings. The fourth-order valence-corrected chi connectivity index (χ4v) is 11.3. The summed E-state index contributed by atoms with van der Waals surface area (Å²) in [4.78, 5) is 14.7. The largest absolute Gasteiger partial charge is 0.309 e. The molecule has 0 bridgehead atoms. The van der Waals surface area contributed by atoms with Gasteiger partial charge in [-0.1, -0.05) is 140 Å². The van der Waals surface area contributed by atoms with Gasteiger partial charge in [0, 0.05) is 38.0 Å². The summed E-state index contributed by atoms with van der Waals surface area (Å²) in [5.41, 5.74) is 15.4. The number of benzene rings is 9. The van der Waals surface area contributed by atoms with E-state index in [-0.39, 0.29) is 5.56 Å². The quantitative estimate of drug-likeness (QED) is 0.161. The molecule has 60 heavy (non-hydrogen) atoms. The lowest BCUT2D eigenvalue weighted by Gasteiger charge is -2.45. The molecule has 278 valence electrons. The van der Waals surface area contributed by atoms with Crippen molar-refractivity contribution in [2.24, 2.45) is 0 Å². The normalized spacial score (nSPS) is 15.1. The van der Waals surface area contributed by atoms with Gasteiger partial charge in [0.1, 0.15) is 0 Å². The van der Waals surface area contributed by atoms with Crippen LogP contribution in [0.15, 0.2) is 205 Å². The Kier molecular flexibility index (Phi) is 6.08. The summed E-state index contributed by atoms with van der Waals surface area (Å²) in [5, 5.41) is 7.71. The number of aromatic nitrogens is 3. The number of hydrogen-bond donors (Lipinski definition) is 0. The Hall–Kier alpha value is -7.95. The topological polar surface area (TPSA) is 31.9 Å². The zero-order valence-electron chi connectivity index (χ0n) is 32.3. The van der Waals surface area contributed by atoms with Crippen LogP contribution >= 0.6 is 0 Å². The average Bonchev–Trinajstić information content (AvgIpc) is 3.83. The highest BCUT2D eigenvalue weighted by Crippen LogP contribution is 2.58. The van der Waals surface area contributed by atoms with Gasteiger partial charge in [-0.25, -0.2) is 0 Å².